The summed E-state index contributed by atoms with van der Waals surface area (Å²) in [6.07, 6.45) is 2.24. The van der Waals surface area contributed by atoms with Crippen LogP contribution in [0.25, 0.3) is 5.78 Å². The number of para-hydroxylation sites is 1. The summed E-state index contributed by atoms with van der Waals surface area (Å²) in [5.41, 5.74) is 0.961. The van der Waals surface area contributed by atoms with Gasteiger partial charge in [0.25, 0.3) is 17.2 Å². The number of rotatable bonds is 2. The molecule has 0 unspecified atom stereocenters. The molecule has 1 fully saturated rings. The lowest BCUT2D eigenvalue weighted by molar-refractivity contribution is 0.0761. The number of carbonyl (C=O) groups is 1. The van der Waals surface area contributed by atoms with Gasteiger partial charge in [-0.1, -0.05) is 18.2 Å². The van der Waals surface area contributed by atoms with Crippen molar-refractivity contribution in [2.24, 2.45) is 0 Å². The van der Waals surface area contributed by atoms with Crippen LogP contribution in [0, 0.1) is 0 Å². The van der Waals surface area contributed by atoms with Gasteiger partial charge in [-0.3, -0.25) is 14.7 Å². The number of benzene rings is 1. The Balaban J connectivity index is 1.53. The second kappa shape index (κ2) is 6.39. The Kier molecular flexibility index (Phi) is 3.93. The number of carbonyl (C=O) groups excluding carboxylic acids is 1. The van der Waals surface area contributed by atoms with E-state index in [2.05, 4.69) is 32.1 Å². The fourth-order valence-corrected chi connectivity index (χ4v) is 3.11. The number of amides is 1. The minimum absolute atomic E-state index is 0.144. The number of fused-ring (bicyclic) bond motifs is 1. The maximum Gasteiger partial charge on any atom is 0.274 e. The Bertz CT molecular complexity index is 948. The van der Waals surface area contributed by atoms with Crippen LogP contribution < -0.4 is 10.5 Å². The predicted octanol–water partition coefficient (Wildman–Crippen LogP) is 0.770. The topological polar surface area (TPSA) is 86.6 Å². The van der Waals surface area contributed by atoms with Crippen molar-refractivity contribution in [1.29, 1.82) is 0 Å². The highest BCUT2D eigenvalue weighted by molar-refractivity contribution is 5.92. The molecule has 4 rings (SSSR count). The smallest absolute Gasteiger partial charge is 0.274 e. The third kappa shape index (κ3) is 2.98. The van der Waals surface area contributed by atoms with E-state index >= 15 is 0 Å². The van der Waals surface area contributed by atoms with E-state index in [1.165, 1.54) is 16.9 Å². The largest absolute Gasteiger partial charge is 0.370 e. The van der Waals surface area contributed by atoms with Crippen LogP contribution in [0.2, 0.25) is 0 Å². The van der Waals surface area contributed by atoms with Crippen molar-refractivity contribution in [1.82, 2.24) is 24.5 Å². The zero-order valence-electron chi connectivity index (χ0n) is 13.6. The highest BCUT2D eigenvalue weighted by Gasteiger charge is 2.22. The molecule has 0 radical (unpaired) electrons. The molecule has 1 aliphatic heterocycles. The maximum absolute atomic E-state index is 12.8. The van der Waals surface area contributed by atoms with E-state index in [4.69, 9.17) is 0 Å². The molecule has 0 atom stereocenters. The molecule has 2 aromatic heterocycles. The van der Waals surface area contributed by atoms with Crippen molar-refractivity contribution < 1.29 is 4.79 Å². The molecule has 0 spiro atoms. The summed E-state index contributed by atoms with van der Waals surface area (Å²) in [6.45, 7) is 2.88. The maximum atomic E-state index is 12.8. The molecule has 8 heteroatoms. The highest BCUT2D eigenvalue weighted by atomic mass is 16.2. The van der Waals surface area contributed by atoms with E-state index < -0.39 is 0 Å². The normalized spacial score (nSPS) is 15.4. The number of nitrogens with one attached hydrogen (secondary N) is 1. The third-order valence-electron chi connectivity index (χ3n) is 4.39. The number of anilines is 1. The minimum Gasteiger partial charge on any atom is -0.370 e. The van der Waals surface area contributed by atoms with Crippen LogP contribution in [0.4, 0.5) is 5.69 Å². The molecule has 1 saturated heterocycles. The zero-order chi connectivity index (χ0) is 17.2. The first-order chi connectivity index (χ1) is 12.2. The van der Waals surface area contributed by atoms with E-state index in [1.807, 2.05) is 18.2 Å². The molecule has 0 bridgehead atoms. The van der Waals surface area contributed by atoms with Crippen molar-refractivity contribution >= 4 is 17.4 Å². The van der Waals surface area contributed by atoms with Gasteiger partial charge in [-0.05, 0) is 18.6 Å². The summed E-state index contributed by atoms with van der Waals surface area (Å²) in [6, 6.07) is 11.4. The lowest BCUT2D eigenvalue weighted by Gasteiger charge is -2.23. The minimum atomic E-state index is -0.341. The Morgan fingerprint density at radius 3 is 2.76 bits per heavy atom. The monoisotopic (exact) mass is 338 g/mol. The Labute approximate surface area is 143 Å². The first-order valence-electron chi connectivity index (χ1n) is 8.25. The molecule has 25 heavy (non-hydrogen) atoms. The van der Waals surface area contributed by atoms with Gasteiger partial charge >= 0.3 is 0 Å². The molecule has 1 aromatic carbocycles. The van der Waals surface area contributed by atoms with Crippen molar-refractivity contribution in [2.45, 2.75) is 6.42 Å². The second-order valence-corrected chi connectivity index (χ2v) is 5.97. The summed E-state index contributed by atoms with van der Waals surface area (Å²) < 4.78 is 1.20. The van der Waals surface area contributed by atoms with Crippen molar-refractivity contribution in [3.63, 3.8) is 0 Å². The van der Waals surface area contributed by atoms with Crippen molar-refractivity contribution in [2.75, 3.05) is 31.1 Å². The number of hydrogen-bond donors (Lipinski definition) is 1. The summed E-state index contributed by atoms with van der Waals surface area (Å²) in [5, 5.41) is 2.67. The van der Waals surface area contributed by atoms with Crippen LogP contribution >= 0.6 is 0 Å². The molecular weight excluding hydrogens is 320 g/mol. The first kappa shape index (κ1) is 15.4. The number of aromatic nitrogens is 4. The Hall–Kier alpha value is -3.16. The van der Waals surface area contributed by atoms with Crippen LogP contribution in [-0.2, 0) is 0 Å². The molecule has 8 nitrogen and oxygen atoms in total. The van der Waals surface area contributed by atoms with E-state index in [0.717, 1.165) is 25.2 Å². The van der Waals surface area contributed by atoms with Gasteiger partial charge in [0.2, 0.25) is 0 Å². The van der Waals surface area contributed by atoms with Gasteiger partial charge < -0.3 is 9.80 Å². The average molecular weight is 338 g/mol. The van der Waals surface area contributed by atoms with E-state index in [-0.39, 0.29) is 22.9 Å². The predicted molar refractivity (Wildman–Crippen MR) is 92.8 cm³/mol. The van der Waals surface area contributed by atoms with E-state index in [9.17, 15) is 9.59 Å². The molecule has 1 N–H and O–H groups in total. The number of aromatic amines is 1. The SMILES string of the molecule is O=C(c1cc(=O)n2[nH]cnc2n1)N1CCCN(c2ccccc2)CC1. The van der Waals surface area contributed by atoms with Gasteiger partial charge in [-0.15, -0.1) is 0 Å². The summed E-state index contributed by atoms with van der Waals surface area (Å²) >= 11 is 0. The van der Waals surface area contributed by atoms with Gasteiger partial charge in [0, 0.05) is 37.9 Å². The second-order valence-electron chi connectivity index (χ2n) is 5.97. The molecule has 3 heterocycles. The van der Waals surface area contributed by atoms with Crippen LogP contribution in [-0.4, -0.2) is 56.6 Å². The van der Waals surface area contributed by atoms with E-state index in [0.29, 0.717) is 13.1 Å². The van der Waals surface area contributed by atoms with Gasteiger partial charge in [0.05, 0.1) is 0 Å². The number of H-pyrrole nitrogens is 1. The Morgan fingerprint density at radius 2 is 1.92 bits per heavy atom. The number of nitrogens with zero attached hydrogens (tertiary/aromatic N) is 5. The molecule has 128 valence electrons. The fourth-order valence-electron chi connectivity index (χ4n) is 3.11. The van der Waals surface area contributed by atoms with Crippen LogP contribution in [0.3, 0.4) is 0 Å². The molecular formula is C17H18N6O2. The lowest BCUT2D eigenvalue weighted by Crippen LogP contribution is -2.36. The summed E-state index contributed by atoms with van der Waals surface area (Å²) in [4.78, 5) is 37.0. The van der Waals surface area contributed by atoms with Gasteiger partial charge in [0.15, 0.2) is 0 Å². The van der Waals surface area contributed by atoms with Crippen LogP contribution in [0.1, 0.15) is 16.9 Å². The van der Waals surface area contributed by atoms with Gasteiger partial charge in [0.1, 0.15) is 12.0 Å². The molecule has 0 aliphatic carbocycles. The lowest BCUT2D eigenvalue weighted by atomic mass is 10.3. The van der Waals surface area contributed by atoms with Gasteiger partial charge in [-0.25, -0.2) is 9.97 Å². The molecule has 0 saturated carbocycles. The van der Waals surface area contributed by atoms with Crippen LogP contribution in [0.15, 0.2) is 47.5 Å². The molecule has 1 aliphatic rings. The first-order valence-corrected chi connectivity index (χ1v) is 8.25. The number of hydrogen-bond acceptors (Lipinski definition) is 5. The molecule has 3 aromatic rings. The molecule has 1 amide bonds. The fraction of sp³-hybridized carbons (Fsp3) is 0.294. The Morgan fingerprint density at radius 1 is 1.08 bits per heavy atom. The quantitative estimate of drug-likeness (QED) is 0.746. The van der Waals surface area contributed by atoms with Crippen molar-refractivity contribution in [3.05, 3.63) is 58.8 Å². The van der Waals surface area contributed by atoms with E-state index in [1.54, 1.807) is 4.90 Å². The standard InChI is InChI=1S/C17H18N6O2/c24-15-11-14(20-17-18-12-19-23(15)17)16(25)22-8-4-7-21(9-10-22)13-5-2-1-3-6-13/h1-3,5-6,11-12H,4,7-10H2,(H,18,19,20). The van der Waals surface area contributed by atoms with Crippen LogP contribution in [0.5, 0.6) is 0 Å². The third-order valence-corrected chi connectivity index (χ3v) is 4.39. The average Bonchev–Trinajstić information content (AvgIpc) is 2.98. The van der Waals surface area contributed by atoms with Gasteiger partial charge in [-0.2, -0.15) is 4.52 Å². The summed E-state index contributed by atoms with van der Waals surface area (Å²) in [7, 11) is 0. The zero-order valence-corrected chi connectivity index (χ0v) is 13.6. The summed E-state index contributed by atoms with van der Waals surface area (Å²) in [5.74, 6) is -0.0194. The van der Waals surface area contributed by atoms with Crippen molar-refractivity contribution in [3.8, 4) is 0 Å². The highest BCUT2D eigenvalue weighted by Crippen LogP contribution is 2.16.